The molecule has 1 rings (SSSR count). The summed E-state index contributed by atoms with van der Waals surface area (Å²) in [7, 11) is 0. The van der Waals surface area contributed by atoms with Gasteiger partial charge in [0.15, 0.2) is 5.78 Å². The lowest BCUT2D eigenvalue weighted by molar-refractivity contribution is -0.119. The number of rotatable bonds is 10. The maximum Gasteiger partial charge on any atom is 0.168 e. The molecule has 0 amide bonds. The molecule has 0 spiro atoms. The third-order valence-electron chi connectivity index (χ3n) is 4.36. The molecule has 3 heteroatoms. The fourth-order valence-corrected chi connectivity index (χ4v) is 2.52. The van der Waals surface area contributed by atoms with Crippen LogP contribution in [0, 0.1) is 0 Å². The minimum atomic E-state index is -0.785. The van der Waals surface area contributed by atoms with Crippen LogP contribution in [0.25, 0.3) is 0 Å². The highest BCUT2D eigenvalue weighted by molar-refractivity contribution is 5.88. The van der Waals surface area contributed by atoms with Gasteiger partial charge in [0.25, 0.3) is 0 Å². The van der Waals surface area contributed by atoms with Crippen molar-refractivity contribution in [2.75, 3.05) is 0 Å². The molecular formula is C20H32O3. The minimum absolute atomic E-state index is 0.183. The van der Waals surface area contributed by atoms with Gasteiger partial charge >= 0.3 is 0 Å². The number of allylic oxidation sites excluding steroid dienone is 4. The molecule has 1 aliphatic heterocycles. The van der Waals surface area contributed by atoms with Crippen LogP contribution >= 0.6 is 0 Å². The van der Waals surface area contributed by atoms with E-state index in [4.69, 9.17) is 4.74 Å². The zero-order valence-electron chi connectivity index (χ0n) is 15.3. The number of hydrogen-bond donors (Lipinski definition) is 1. The van der Waals surface area contributed by atoms with Gasteiger partial charge in [0, 0.05) is 6.42 Å². The van der Waals surface area contributed by atoms with Gasteiger partial charge in [0.2, 0.25) is 0 Å². The van der Waals surface area contributed by atoms with Gasteiger partial charge in [-0.05, 0) is 60.3 Å². The second-order valence-electron chi connectivity index (χ2n) is 7.48. The molecule has 1 N–H and O–H groups in total. The fraction of sp³-hybridized carbons (Fsp3) is 0.650. The van der Waals surface area contributed by atoms with Gasteiger partial charge in [-0.3, -0.25) is 4.79 Å². The normalized spacial score (nSPS) is 23.3. The van der Waals surface area contributed by atoms with Crippen molar-refractivity contribution in [1.82, 2.24) is 0 Å². The lowest BCUT2D eigenvalue weighted by atomic mass is 9.98. The molecule has 0 bridgehead atoms. The van der Waals surface area contributed by atoms with Crippen molar-refractivity contribution in [3.8, 4) is 0 Å². The van der Waals surface area contributed by atoms with Crippen LogP contribution in [-0.2, 0) is 9.53 Å². The van der Waals surface area contributed by atoms with E-state index in [2.05, 4.69) is 25.7 Å². The van der Waals surface area contributed by atoms with Crippen molar-refractivity contribution in [2.45, 2.75) is 84.0 Å². The lowest BCUT2D eigenvalue weighted by Gasteiger charge is -2.16. The van der Waals surface area contributed by atoms with Gasteiger partial charge in [-0.25, -0.2) is 0 Å². The first-order chi connectivity index (χ1) is 10.6. The summed E-state index contributed by atoms with van der Waals surface area (Å²) in [6.45, 7) is 13.4. The van der Waals surface area contributed by atoms with Crippen LogP contribution < -0.4 is 0 Å². The quantitative estimate of drug-likeness (QED) is 0.476. The fourth-order valence-electron chi connectivity index (χ4n) is 2.52. The third-order valence-corrected chi connectivity index (χ3v) is 4.36. The van der Waals surface area contributed by atoms with E-state index in [9.17, 15) is 9.90 Å². The zero-order valence-corrected chi connectivity index (χ0v) is 15.3. The number of hydrogen-bond acceptors (Lipinski definition) is 3. The van der Waals surface area contributed by atoms with Crippen molar-refractivity contribution in [1.29, 1.82) is 0 Å². The van der Waals surface area contributed by atoms with Crippen LogP contribution in [0.1, 0.15) is 66.7 Å². The summed E-state index contributed by atoms with van der Waals surface area (Å²) in [6.07, 6.45) is 9.63. The van der Waals surface area contributed by atoms with Gasteiger partial charge in [0.1, 0.15) is 6.10 Å². The summed E-state index contributed by atoms with van der Waals surface area (Å²) in [5.41, 5.74) is 1.38. The molecule has 0 aromatic carbocycles. The van der Waals surface area contributed by atoms with E-state index in [1.54, 1.807) is 13.0 Å². The smallest absolute Gasteiger partial charge is 0.168 e. The van der Waals surface area contributed by atoms with Gasteiger partial charge in [0.05, 0.1) is 11.2 Å². The van der Waals surface area contributed by atoms with E-state index < -0.39 is 5.60 Å². The Morgan fingerprint density at radius 1 is 1.26 bits per heavy atom. The molecule has 3 nitrogen and oxygen atoms in total. The number of ketones is 1. The summed E-state index contributed by atoms with van der Waals surface area (Å²) in [5.74, 6) is 0.183. The average Bonchev–Trinajstić information content (AvgIpc) is 3.07. The molecule has 0 radical (unpaired) electrons. The molecule has 2 unspecified atom stereocenters. The Kier molecular flexibility index (Phi) is 6.97. The summed E-state index contributed by atoms with van der Waals surface area (Å²) in [6, 6.07) is 0. The Hall–Kier alpha value is -1.19. The molecular weight excluding hydrogens is 288 g/mol. The number of ether oxygens (including phenoxy) is 1. The Balaban J connectivity index is 2.28. The zero-order chi connectivity index (χ0) is 17.7. The van der Waals surface area contributed by atoms with E-state index in [1.165, 1.54) is 5.57 Å². The third kappa shape index (κ3) is 7.28. The number of carbonyl (C=O) groups is 1. The molecule has 1 fully saturated rings. The second kappa shape index (κ2) is 8.07. The van der Waals surface area contributed by atoms with Crippen molar-refractivity contribution >= 4 is 5.78 Å². The van der Waals surface area contributed by atoms with Crippen LogP contribution in [0.2, 0.25) is 0 Å². The molecule has 23 heavy (non-hydrogen) atoms. The number of aliphatic hydroxyl groups is 1. The second-order valence-corrected chi connectivity index (χ2v) is 7.48. The Labute approximate surface area is 141 Å². The summed E-state index contributed by atoms with van der Waals surface area (Å²) >= 11 is 0. The van der Waals surface area contributed by atoms with E-state index in [-0.39, 0.29) is 17.5 Å². The van der Waals surface area contributed by atoms with Gasteiger partial charge < -0.3 is 9.84 Å². The molecule has 1 heterocycles. The first-order valence-electron chi connectivity index (χ1n) is 8.45. The standard InChI is InChI=1S/C20H32O3/c1-7-20(6,22)13-9-12-15(2)10-8-11-16(3)14-17(21)18-19(4,5)23-18/h7,11-12,18,22H,1,8-10,13-14H2,2-6H3. The highest BCUT2D eigenvalue weighted by Crippen LogP contribution is 2.37. The van der Waals surface area contributed by atoms with E-state index in [0.29, 0.717) is 12.8 Å². The minimum Gasteiger partial charge on any atom is -0.386 e. The Bertz CT molecular complexity index is 495. The number of epoxide rings is 1. The number of Topliss-reactive ketones (excluding diaryl/α,β-unsaturated/α-hetero) is 1. The highest BCUT2D eigenvalue weighted by atomic mass is 16.6. The Morgan fingerprint density at radius 3 is 2.35 bits per heavy atom. The first kappa shape index (κ1) is 19.9. The molecule has 0 aromatic rings. The van der Waals surface area contributed by atoms with Crippen molar-refractivity contribution in [2.24, 2.45) is 0 Å². The van der Waals surface area contributed by atoms with Gasteiger partial charge in [-0.1, -0.05) is 29.4 Å². The molecule has 0 aromatic heterocycles. The molecule has 1 aliphatic rings. The predicted octanol–water partition coefficient (Wildman–Crippen LogP) is 4.51. The van der Waals surface area contributed by atoms with Crippen molar-refractivity contribution < 1.29 is 14.6 Å². The summed E-state index contributed by atoms with van der Waals surface area (Å²) in [4.78, 5) is 12.0. The van der Waals surface area contributed by atoms with Gasteiger partial charge in [-0.15, -0.1) is 6.58 Å². The van der Waals surface area contributed by atoms with Crippen molar-refractivity contribution in [3.63, 3.8) is 0 Å². The summed E-state index contributed by atoms with van der Waals surface area (Å²) in [5, 5.41) is 9.86. The van der Waals surface area contributed by atoms with Gasteiger partial charge in [-0.2, -0.15) is 0 Å². The van der Waals surface area contributed by atoms with Crippen LogP contribution in [0.5, 0.6) is 0 Å². The van der Waals surface area contributed by atoms with E-state index >= 15 is 0 Å². The van der Waals surface area contributed by atoms with Crippen molar-refractivity contribution in [3.05, 3.63) is 36.0 Å². The monoisotopic (exact) mass is 320 g/mol. The molecule has 2 atom stereocenters. The van der Waals surface area contributed by atoms with E-state index in [1.807, 2.05) is 20.8 Å². The Morgan fingerprint density at radius 2 is 1.83 bits per heavy atom. The first-order valence-corrected chi connectivity index (χ1v) is 8.45. The number of carbonyl (C=O) groups excluding carboxylic acids is 1. The molecule has 130 valence electrons. The predicted molar refractivity (Wildman–Crippen MR) is 95.4 cm³/mol. The molecule has 0 saturated carbocycles. The molecule has 0 aliphatic carbocycles. The molecule has 1 saturated heterocycles. The van der Waals surface area contributed by atoms with E-state index in [0.717, 1.165) is 24.8 Å². The van der Waals surface area contributed by atoms with Crippen LogP contribution in [-0.4, -0.2) is 28.2 Å². The SMILES string of the molecule is C=CC(C)(O)CCC=C(C)CCC=C(C)CC(=O)C1OC1(C)C. The highest BCUT2D eigenvalue weighted by Gasteiger charge is 2.52. The maximum absolute atomic E-state index is 12.0. The maximum atomic E-state index is 12.0. The summed E-state index contributed by atoms with van der Waals surface area (Å²) < 4.78 is 5.38. The van der Waals surface area contributed by atoms with Crippen LogP contribution in [0.3, 0.4) is 0 Å². The lowest BCUT2D eigenvalue weighted by Crippen LogP contribution is -2.19. The van der Waals surface area contributed by atoms with Crippen LogP contribution in [0.15, 0.2) is 36.0 Å². The topological polar surface area (TPSA) is 49.8 Å². The largest absolute Gasteiger partial charge is 0.386 e. The van der Waals surface area contributed by atoms with Crippen LogP contribution in [0.4, 0.5) is 0 Å². The average molecular weight is 320 g/mol.